The Morgan fingerprint density at radius 2 is 2.00 bits per heavy atom. The average Bonchev–Trinajstić information content (AvgIpc) is 2.42. The first-order valence-electron chi connectivity index (χ1n) is 4.34. The molecule has 0 bridgehead atoms. The van der Waals surface area contributed by atoms with E-state index in [1.165, 1.54) is 11.1 Å². The largest absolute Gasteiger partial charge is 0.326 e. The summed E-state index contributed by atoms with van der Waals surface area (Å²) in [4.78, 5) is 0. The summed E-state index contributed by atoms with van der Waals surface area (Å²) >= 11 is 0. The molecule has 1 aromatic carbocycles. The number of nitrogens with two attached hydrogens (primary N) is 1. The van der Waals surface area contributed by atoms with Crippen LogP contribution < -0.4 is 5.73 Å². The zero-order valence-corrected chi connectivity index (χ0v) is 10.4. The lowest BCUT2D eigenvalue weighted by Gasteiger charge is -1.95. The summed E-state index contributed by atoms with van der Waals surface area (Å²) in [6.07, 6.45) is 0. The molecule has 0 radical (unpaired) electrons. The van der Waals surface area contributed by atoms with Crippen LogP contribution in [0, 0.1) is 6.92 Å². The van der Waals surface area contributed by atoms with Crippen LogP contribution in [0.25, 0.3) is 10.9 Å². The number of fused-ring (bicyclic) bond motifs is 1. The van der Waals surface area contributed by atoms with E-state index in [-0.39, 0.29) is 24.8 Å². The zero-order chi connectivity index (χ0) is 9.42. The molecule has 15 heavy (non-hydrogen) atoms. The summed E-state index contributed by atoms with van der Waals surface area (Å²) in [5.41, 5.74) is 8.90. The molecule has 0 spiro atoms. The van der Waals surface area contributed by atoms with Crippen LogP contribution in [0.5, 0.6) is 0 Å². The Bertz CT molecular complexity index is 451. The quantitative estimate of drug-likeness (QED) is 0.840. The zero-order valence-electron chi connectivity index (χ0n) is 8.73. The third-order valence-electron chi connectivity index (χ3n) is 2.43. The highest BCUT2D eigenvalue weighted by Gasteiger charge is 2.03. The van der Waals surface area contributed by atoms with Crippen LogP contribution in [0.4, 0.5) is 0 Å². The van der Waals surface area contributed by atoms with Crippen LogP contribution in [0.1, 0.15) is 11.3 Å². The summed E-state index contributed by atoms with van der Waals surface area (Å²) in [5, 5.41) is 5.59. The number of halogens is 2. The predicted molar refractivity (Wildman–Crippen MR) is 67.8 cm³/mol. The van der Waals surface area contributed by atoms with E-state index >= 15 is 0 Å². The van der Waals surface area contributed by atoms with Crippen molar-refractivity contribution in [2.45, 2.75) is 13.5 Å². The van der Waals surface area contributed by atoms with Gasteiger partial charge in [-0.1, -0.05) is 12.1 Å². The van der Waals surface area contributed by atoms with E-state index in [1.807, 2.05) is 17.8 Å². The van der Waals surface area contributed by atoms with Gasteiger partial charge in [-0.25, -0.2) is 0 Å². The van der Waals surface area contributed by atoms with Crippen LogP contribution >= 0.6 is 24.8 Å². The molecule has 0 aliphatic carbocycles. The molecule has 84 valence electrons. The van der Waals surface area contributed by atoms with E-state index in [4.69, 9.17) is 5.73 Å². The highest BCUT2D eigenvalue weighted by atomic mass is 35.5. The van der Waals surface area contributed by atoms with Crippen LogP contribution in [-0.2, 0) is 13.6 Å². The number of rotatable bonds is 1. The van der Waals surface area contributed by atoms with Crippen LogP contribution in [0.2, 0.25) is 0 Å². The van der Waals surface area contributed by atoms with Crippen molar-refractivity contribution in [1.29, 1.82) is 0 Å². The first-order chi connectivity index (χ1) is 6.22. The number of aromatic nitrogens is 2. The topological polar surface area (TPSA) is 43.8 Å². The molecular weight excluding hydrogens is 233 g/mol. The van der Waals surface area contributed by atoms with Crippen molar-refractivity contribution in [3.8, 4) is 0 Å². The minimum absolute atomic E-state index is 0. The number of aryl methyl sites for hydroxylation is 2. The molecule has 5 heteroatoms. The molecule has 0 saturated heterocycles. The van der Waals surface area contributed by atoms with Crippen LogP contribution in [-0.4, -0.2) is 9.78 Å². The molecule has 1 aromatic heterocycles. The van der Waals surface area contributed by atoms with Crippen LogP contribution in [0.3, 0.4) is 0 Å². The van der Waals surface area contributed by atoms with E-state index in [0.29, 0.717) is 6.54 Å². The molecule has 0 atom stereocenters. The Hall–Kier alpha value is -0.770. The van der Waals surface area contributed by atoms with Gasteiger partial charge in [0, 0.05) is 24.7 Å². The second-order valence-corrected chi connectivity index (χ2v) is 3.26. The second-order valence-electron chi connectivity index (χ2n) is 3.26. The summed E-state index contributed by atoms with van der Waals surface area (Å²) in [5.74, 6) is 0. The fraction of sp³-hybridized carbons (Fsp3) is 0.300. The normalized spacial score (nSPS) is 9.53. The summed E-state index contributed by atoms with van der Waals surface area (Å²) < 4.78 is 1.89. The van der Waals surface area contributed by atoms with Crippen molar-refractivity contribution in [3.05, 3.63) is 29.5 Å². The average molecular weight is 248 g/mol. The predicted octanol–water partition coefficient (Wildman–Crippen LogP) is 2.18. The lowest BCUT2D eigenvalue weighted by atomic mass is 10.1. The van der Waals surface area contributed by atoms with Gasteiger partial charge in [0.1, 0.15) is 0 Å². The fourth-order valence-electron chi connectivity index (χ4n) is 1.50. The molecule has 0 amide bonds. The van der Waals surface area contributed by atoms with E-state index < -0.39 is 0 Å². The Morgan fingerprint density at radius 1 is 1.33 bits per heavy atom. The molecule has 2 N–H and O–H groups in total. The highest BCUT2D eigenvalue weighted by molar-refractivity contribution is 5.85. The Morgan fingerprint density at radius 3 is 2.60 bits per heavy atom. The number of hydrogen-bond acceptors (Lipinski definition) is 2. The van der Waals surface area contributed by atoms with Gasteiger partial charge in [-0.05, 0) is 18.6 Å². The minimum atomic E-state index is 0. The van der Waals surface area contributed by atoms with Crippen molar-refractivity contribution >= 4 is 35.7 Å². The van der Waals surface area contributed by atoms with E-state index in [0.717, 1.165) is 11.1 Å². The minimum Gasteiger partial charge on any atom is -0.326 e. The molecule has 0 fully saturated rings. The van der Waals surface area contributed by atoms with Gasteiger partial charge in [0.25, 0.3) is 0 Å². The van der Waals surface area contributed by atoms with Crippen LogP contribution in [0.15, 0.2) is 18.2 Å². The SMILES string of the molecule is Cc1c2ccc(CN)cc2nn1C.Cl.Cl. The molecular formula is C10H15Cl2N3. The van der Waals surface area contributed by atoms with Gasteiger partial charge < -0.3 is 5.73 Å². The number of nitrogens with zero attached hydrogens (tertiary/aromatic N) is 2. The van der Waals surface area contributed by atoms with E-state index in [2.05, 4.69) is 24.2 Å². The molecule has 2 rings (SSSR count). The van der Waals surface area contributed by atoms with Crippen molar-refractivity contribution in [2.75, 3.05) is 0 Å². The lowest BCUT2D eigenvalue weighted by Crippen LogP contribution is -1.95. The summed E-state index contributed by atoms with van der Waals surface area (Å²) in [7, 11) is 1.96. The maximum absolute atomic E-state index is 5.55. The molecule has 0 unspecified atom stereocenters. The van der Waals surface area contributed by atoms with Crippen molar-refractivity contribution < 1.29 is 0 Å². The smallest absolute Gasteiger partial charge is 0.0929 e. The Labute approximate surface area is 101 Å². The number of hydrogen-bond donors (Lipinski definition) is 1. The van der Waals surface area contributed by atoms with Gasteiger partial charge >= 0.3 is 0 Å². The van der Waals surface area contributed by atoms with Gasteiger partial charge in [-0.15, -0.1) is 24.8 Å². The lowest BCUT2D eigenvalue weighted by molar-refractivity contribution is 0.751. The van der Waals surface area contributed by atoms with E-state index in [1.54, 1.807) is 0 Å². The summed E-state index contributed by atoms with van der Waals surface area (Å²) in [6, 6.07) is 6.18. The Kier molecular flexibility index (Phi) is 5.08. The molecule has 0 aliphatic rings. The van der Waals surface area contributed by atoms with Gasteiger partial charge in [0.05, 0.1) is 5.52 Å². The summed E-state index contributed by atoms with van der Waals surface area (Å²) in [6.45, 7) is 2.64. The van der Waals surface area contributed by atoms with Gasteiger partial charge in [-0.2, -0.15) is 5.10 Å². The van der Waals surface area contributed by atoms with E-state index in [9.17, 15) is 0 Å². The monoisotopic (exact) mass is 247 g/mol. The molecule has 3 nitrogen and oxygen atoms in total. The fourth-order valence-corrected chi connectivity index (χ4v) is 1.50. The van der Waals surface area contributed by atoms with Gasteiger partial charge in [-0.3, -0.25) is 4.68 Å². The number of benzene rings is 1. The second kappa shape index (κ2) is 5.35. The standard InChI is InChI=1S/C10H13N3.2ClH/c1-7-9-4-3-8(6-11)5-10(9)12-13(7)2;;/h3-5H,6,11H2,1-2H3;2*1H. The molecule has 0 aliphatic heterocycles. The molecule has 1 heterocycles. The highest BCUT2D eigenvalue weighted by Crippen LogP contribution is 2.17. The maximum Gasteiger partial charge on any atom is 0.0929 e. The Balaban J connectivity index is 0.000000980. The molecule has 0 saturated carbocycles. The first-order valence-corrected chi connectivity index (χ1v) is 4.34. The third kappa shape index (κ3) is 2.43. The van der Waals surface area contributed by atoms with Crippen molar-refractivity contribution in [1.82, 2.24) is 9.78 Å². The molecule has 2 aromatic rings. The first kappa shape index (κ1) is 14.2. The maximum atomic E-state index is 5.55. The van der Waals surface area contributed by atoms with Gasteiger partial charge in [0.2, 0.25) is 0 Å². The third-order valence-corrected chi connectivity index (χ3v) is 2.43. The van der Waals surface area contributed by atoms with Crippen molar-refractivity contribution in [3.63, 3.8) is 0 Å². The van der Waals surface area contributed by atoms with Crippen molar-refractivity contribution in [2.24, 2.45) is 12.8 Å². The van der Waals surface area contributed by atoms with Gasteiger partial charge in [0.15, 0.2) is 0 Å².